The first kappa shape index (κ1) is 12.8. The number of hydrogen-bond acceptors (Lipinski definition) is 2. The zero-order valence-corrected chi connectivity index (χ0v) is 10.3. The predicted octanol–water partition coefficient (Wildman–Crippen LogP) is 2.91. The monoisotopic (exact) mass is 220 g/mol. The Morgan fingerprint density at radius 1 is 1.44 bits per heavy atom. The lowest BCUT2D eigenvalue weighted by molar-refractivity contribution is 0.218. The van der Waals surface area contributed by atoms with Crippen molar-refractivity contribution in [3.05, 3.63) is 42.0 Å². The Labute approximate surface area is 97.6 Å². The molecule has 0 spiro atoms. The molecule has 0 atom stereocenters. The van der Waals surface area contributed by atoms with E-state index in [2.05, 4.69) is 6.58 Å². The highest BCUT2D eigenvalue weighted by Gasteiger charge is 2.19. The van der Waals surface area contributed by atoms with E-state index in [0.29, 0.717) is 6.61 Å². The highest BCUT2D eigenvalue weighted by atomic mass is 16.5. The summed E-state index contributed by atoms with van der Waals surface area (Å²) in [6.07, 6.45) is 0. The minimum absolute atomic E-state index is 0.122. The number of hydrogen-bond donors (Lipinski definition) is 1. The van der Waals surface area contributed by atoms with Crippen LogP contribution in [0.4, 0.5) is 0 Å². The molecule has 0 heterocycles. The van der Waals surface area contributed by atoms with E-state index in [4.69, 9.17) is 4.74 Å². The Kier molecular flexibility index (Phi) is 4.13. The lowest BCUT2D eigenvalue weighted by atomic mass is 9.85. The summed E-state index contributed by atoms with van der Waals surface area (Å²) in [6, 6.07) is 7.84. The molecule has 16 heavy (non-hydrogen) atoms. The molecule has 2 heteroatoms. The second-order valence-corrected chi connectivity index (χ2v) is 4.82. The molecule has 0 aliphatic heterocycles. The van der Waals surface area contributed by atoms with Gasteiger partial charge in [0.2, 0.25) is 0 Å². The minimum Gasteiger partial charge on any atom is -0.489 e. The lowest BCUT2D eigenvalue weighted by Crippen LogP contribution is -2.21. The fraction of sp³-hybridized carbons (Fsp3) is 0.429. The van der Waals surface area contributed by atoms with Crippen LogP contribution in [0, 0.1) is 0 Å². The van der Waals surface area contributed by atoms with E-state index in [9.17, 15) is 5.11 Å². The van der Waals surface area contributed by atoms with Gasteiger partial charge in [-0.25, -0.2) is 0 Å². The Morgan fingerprint density at radius 3 is 2.69 bits per heavy atom. The van der Waals surface area contributed by atoms with Gasteiger partial charge >= 0.3 is 0 Å². The summed E-state index contributed by atoms with van der Waals surface area (Å²) in [7, 11) is 0. The van der Waals surface area contributed by atoms with Gasteiger partial charge < -0.3 is 9.84 Å². The van der Waals surface area contributed by atoms with Gasteiger partial charge in [0, 0.05) is 5.41 Å². The van der Waals surface area contributed by atoms with Crippen LogP contribution in [0.2, 0.25) is 0 Å². The quantitative estimate of drug-likeness (QED) is 0.773. The summed E-state index contributed by atoms with van der Waals surface area (Å²) in [5.41, 5.74) is 1.84. The molecule has 0 aromatic heterocycles. The number of benzene rings is 1. The number of rotatable bonds is 5. The van der Waals surface area contributed by atoms with Gasteiger partial charge in [-0.3, -0.25) is 0 Å². The van der Waals surface area contributed by atoms with Crippen molar-refractivity contribution in [2.75, 3.05) is 13.2 Å². The molecule has 0 amide bonds. The SMILES string of the molecule is C=C(C)COc1cccc(C(C)(C)CO)c1. The van der Waals surface area contributed by atoms with Crippen LogP contribution >= 0.6 is 0 Å². The molecular formula is C14H20O2. The fourth-order valence-electron chi connectivity index (χ4n) is 1.30. The van der Waals surface area contributed by atoms with Crippen molar-refractivity contribution in [3.8, 4) is 5.75 Å². The number of aliphatic hydroxyl groups is 1. The van der Waals surface area contributed by atoms with Crippen LogP contribution in [0.15, 0.2) is 36.4 Å². The molecule has 1 rings (SSSR count). The van der Waals surface area contributed by atoms with Crippen LogP contribution in [0.3, 0.4) is 0 Å². The van der Waals surface area contributed by atoms with Crippen LogP contribution in [-0.4, -0.2) is 18.3 Å². The molecule has 0 saturated carbocycles. The van der Waals surface area contributed by atoms with E-state index in [1.165, 1.54) is 0 Å². The van der Waals surface area contributed by atoms with Gasteiger partial charge in [0.1, 0.15) is 12.4 Å². The second-order valence-electron chi connectivity index (χ2n) is 4.82. The van der Waals surface area contributed by atoms with Gasteiger partial charge in [0.05, 0.1) is 6.61 Å². The molecule has 1 aromatic carbocycles. The summed E-state index contributed by atoms with van der Waals surface area (Å²) >= 11 is 0. The molecule has 88 valence electrons. The largest absolute Gasteiger partial charge is 0.489 e. The predicted molar refractivity (Wildman–Crippen MR) is 66.9 cm³/mol. The van der Waals surface area contributed by atoms with Gasteiger partial charge in [0.25, 0.3) is 0 Å². The Morgan fingerprint density at radius 2 is 2.12 bits per heavy atom. The summed E-state index contributed by atoms with van der Waals surface area (Å²) in [5, 5.41) is 9.30. The molecule has 0 fully saturated rings. The Balaban J connectivity index is 2.83. The van der Waals surface area contributed by atoms with E-state index in [1.807, 2.05) is 45.0 Å². The molecule has 2 nitrogen and oxygen atoms in total. The molecule has 0 aliphatic carbocycles. The zero-order chi connectivity index (χ0) is 12.2. The first-order valence-electron chi connectivity index (χ1n) is 5.44. The minimum atomic E-state index is -0.234. The van der Waals surface area contributed by atoms with Gasteiger partial charge in [-0.15, -0.1) is 0 Å². The first-order valence-corrected chi connectivity index (χ1v) is 5.44. The average Bonchev–Trinajstić information content (AvgIpc) is 2.27. The maximum absolute atomic E-state index is 9.30. The normalized spacial score (nSPS) is 11.2. The zero-order valence-electron chi connectivity index (χ0n) is 10.3. The van der Waals surface area contributed by atoms with Gasteiger partial charge in [-0.2, -0.15) is 0 Å². The third-order valence-electron chi connectivity index (χ3n) is 2.50. The Hall–Kier alpha value is -1.28. The van der Waals surface area contributed by atoms with Gasteiger partial charge in [0.15, 0.2) is 0 Å². The molecular weight excluding hydrogens is 200 g/mol. The molecule has 0 saturated heterocycles. The third-order valence-corrected chi connectivity index (χ3v) is 2.50. The molecule has 0 radical (unpaired) electrons. The summed E-state index contributed by atoms with van der Waals surface area (Å²) in [6.45, 7) is 10.4. The van der Waals surface area contributed by atoms with Crippen LogP contribution in [0.5, 0.6) is 5.75 Å². The van der Waals surface area contributed by atoms with Crippen LogP contribution in [0.25, 0.3) is 0 Å². The summed E-state index contributed by atoms with van der Waals surface area (Å²) < 4.78 is 5.57. The van der Waals surface area contributed by atoms with Crippen molar-refractivity contribution < 1.29 is 9.84 Å². The smallest absolute Gasteiger partial charge is 0.120 e. The van der Waals surface area contributed by atoms with E-state index < -0.39 is 0 Å². The molecule has 1 N–H and O–H groups in total. The van der Waals surface area contributed by atoms with Crippen LogP contribution < -0.4 is 4.74 Å². The van der Waals surface area contributed by atoms with E-state index >= 15 is 0 Å². The molecule has 0 unspecified atom stereocenters. The fourth-order valence-corrected chi connectivity index (χ4v) is 1.30. The standard InChI is InChI=1S/C14H20O2/c1-11(2)9-16-13-7-5-6-12(8-13)14(3,4)10-15/h5-8,15H,1,9-10H2,2-4H3. The molecule has 0 aliphatic rings. The maximum Gasteiger partial charge on any atom is 0.120 e. The van der Waals surface area contributed by atoms with Gasteiger partial charge in [-0.05, 0) is 30.2 Å². The van der Waals surface area contributed by atoms with E-state index in [1.54, 1.807) is 0 Å². The van der Waals surface area contributed by atoms with E-state index in [0.717, 1.165) is 16.9 Å². The van der Waals surface area contributed by atoms with Crippen molar-refractivity contribution in [1.29, 1.82) is 0 Å². The highest BCUT2D eigenvalue weighted by molar-refractivity contribution is 5.33. The van der Waals surface area contributed by atoms with Crippen LogP contribution in [0.1, 0.15) is 26.3 Å². The average molecular weight is 220 g/mol. The van der Waals surface area contributed by atoms with Crippen molar-refractivity contribution in [1.82, 2.24) is 0 Å². The molecule has 0 bridgehead atoms. The van der Waals surface area contributed by atoms with Gasteiger partial charge in [-0.1, -0.05) is 32.6 Å². The lowest BCUT2D eigenvalue weighted by Gasteiger charge is -2.22. The van der Waals surface area contributed by atoms with Crippen molar-refractivity contribution in [3.63, 3.8) is 0 Å². The van der Waals surface area contributed by atoms with Crippen molar-refractivity contribution in [2.24, 2.45) is 0 Å². The number of ether oxygens (including phenoxy) is 1. The Bertz CT molecular complexity index is 367. The van der Waals surface area contributed by atoms with Crippen molar-refractivity contribution >= 4 is 0 Å². The van der Waals surface area contributed by atoms with E-state index in [-0.39, 0.29) is 12.0 Å². The number of aliphatic hydroxyl groups excluding tert-OH is 1. The third kappa shape index (κ3) is 3.38. The molecule has 1 aromatic rings. The maximum atomic E-state index is 9.30. The summed E-state index contributed by atoms with van der Waals surface area (Å²) in [4.78, 5) is 0. The second kappa shape index (κ2) is 5.17. The van der Waals surface area contributed by atoms with Crippen LogP contribution in [-0.2, 0) is 5.41 Å². The highest BCUT2D eigenvalue weighted by Crippen LogP contribution is 2.25. The first-order chi connectivity index (χ1) is 7.45. The summed E-state index contributed by atoms with van der Waals surface area (Å²) in [5.74, 6) is 0.821. The topological polar surface area (TPSA) is 29.5 Å². The van der Waals surface area contributed by atoms with Crippen molar-refractivity contribution in [2.45, 2.75) is 26.2 Å².